The highest BCUT2D eigenvalue weighted by molar-refractivity contribution is 7.92. The highest BCUT2D eigenvalue weighted by Crippen LogP contribution is 2.26. The molecule has 0 bridgehead atoms. The molecule has 1 fully saturated rings. The number of ether oxygens (including phenoxy) is 2. The Labute approximate surface area is 252 Å². The predicted molar refractivity (Wildman–Crippen MR) is 168 cm³/mol. The zero-order valence-corrected chi connectivity index (χ0v) is 26.5. The van der Waals surface area contributed by atoms with Crippen LogP contribution in [0.2, 0.25) is 0 Å². The van der Waals surface area contributed by atoms with Gasteiger partial charge in [0.05, 0.1) is 6.10 Å². The molecular weight excluding hydrogens is 536 g/mol. The zero-order chi connectivity index (χ0) is 29.7. The van der Waals surface area contributed by atoms with Crippen LogP contribution in [0.15, 0.2) is 41.3 Å². The van der Waals surface area contributed by atoms with Gasteiger partial charge in [-0.2, -0.15) is 0 Å². The van der Waals surface area contributed by atoms with Crippen molar-refractivity contribution in [3.8, 4) is 0 Å². The molecule has 41 heavy (non-hydrogen) atoms. The number of allylic oxidation sites excluding steroid dienone is 2. The van der Waals surface area contributed by atoms with Crippen LogP contribution in [-0.4, -0.2) is 51.1 Å². The van der Waals surface area contributed by atoms with Crippen molar-refractivity contribution in [3.63, 3.8) is 0 Å². The first-order valence-electron chi connectivity index (χ1n) is 16.2. The number of aliphatic hydroxyl groups is 1. The summed E-state index contributed by atoms with van der Waals surface area (Å²) in [7, 11) is 0. The Hall–Kier alpha value is -1.38. The quantitative estimate of drug-likeness (QED) is 0.0754. The predicted octanol–water partition coefficient (Wildman–Crippen LogP) is 8.26. The molecule has 6 nitrogen and oxygen atoms in total. The second kappa shape index (κ2) is 22.2. The van der Waals surface area contributed by atoms with Gasteiger partial charge >= 0.3 is 5.97 Å². The Balaban J connectivity index is 1.75. The van der Waals surface area contributed by atoms with E-state index in [1.54, 1.807) is 24.3 Å². The Morgan fingerprint density at radius 3 is 2.20 bits per heavy atom. The highest BCUT2D eigenvalue weighted by Gasteiger charge is 2.40. The highest BCUT2D eigenvalue weighted by atomic mass is 32.2. The summed E-state index contributed by atoms with van der Waals surface area (Å²) in [5, 5.41) is 19.4. The average molecular weight is 593 g/mol. The van der Waals surface area contributed by atoms with Gasteiger partial charge in [-0.25, -0.2) is 4.79 Å². The third kappa shape index (κ3) is 15.6. The third-order valence-electron chi connectivity index (χ3n) is 7.85. The van der Waals surface area contributed by atoms with E-state index >= 15 is 0 Å². The van der Waals surface area contributed by atoms with E-state index in [0.29, 0.717) is 11.5 Å². The fraction of sp³-hybridized carbons (Fsp3) is 0.735. The molecular formula is C34H56O6S. The van der Waals surface area contributed by atoms with E-state index in [9.17, 15) is 19.6 Å². The van der Waals surface area contributed by atoms with Crippen molar-refractivity contribution in [1.29, 1.82) is 0 Å². The van der Waals surface area contributed by atoms with Gasteiger partial charge in [0.1, 0.15) is 6.10 Å². The fourth-order valence-corrected chi connectivity index (χ4v) is 6.61. The summed E-state index contributed by atoms with van der Waals surface area (Å²) in [6.45, 7) is 4.83. The molecule has 7 heteroatoms. The molecule has 1 aromatic carbocycles. The van der Waals surface area contributed by atoms with E-state index in [0.717, 1.165) is 56.9 Å². The maximum Gasteiger partial charge on any atom is 0.360 e. The van der Waals surface area contributed by atoms with Gasteiger partial charge in [0.2, 0.25) is 5.25 Å². The fourth-order valence-electron chi connectivity index (χ4n) is 5.33. The van der Waals surface area contributed by atoms with Crippen LogP contribution in [0.1, 0.15) is 128 Å². The number of unbranched alkanes of at least 4 members (excludes halogenated alkanes) is 11. The summed E-state index contributed by atoms with van der Waals surface area (Å²) >= 11 is -1.87. The summed E-state index contributed by atoms with van der Waals surface area (Å²) in [6, 6.07) is 6.95. The summed E-state index contributed by atoms with van der Waals surface area (Å²) in [5.41, 5.74) is 0.999. The molecule has 1 heterocycles. The third-order valence-corrected chi connectivity index (χ3v) is 9.57. The second-order valence-corrected chi connectivity index (χ2v) is 13.2. The average Bonchev–Trinajstić information content (AvgIpc) is 2.95. The van der Waals surface area contributed by atoms with E-state index in [1.807, 2.05) is 6.92 Å². The molecule has 1 aromatic rings. The lowest BCUT2D eigenvalue weighted by Gasteiger charge is -2.30. The van der Waals surface area contributed by atoms with Crippen molar-refractivity contribution in [1.82, 2.24) is 0 Å². The van der Waals surface area contributed by atoms with Gasteiger partial charge < -0.3 is 24.2 Å². The van der Waals surface area contributed by atoms with Gasteiger partial charge in [-0.1, -0.05) is 94.6 Å². The Morgan fingerprint density at radius 1 is 1.00 bits per heavy atom. The molecule has 5 atom stereocenters. The van der Waals surface area contributed by atoms with Crippen molar-refractivity contribution in [3.05, 3.63) is 42.0 Å². The van der Waals surface area contributed by atoms with Crippen molar-refractivity contribution < 1.29 is 29.0 Å². The lowest BCUT2D eigenvalue weighted by Crippen LogP contribution is -2.43. The SMILES string of the molecule is CCCCCCCC/C=C\CCCCCCC[C@H](C[C@H](O)[C@@H](C(=O)O)[S+]([O-])c1ccc(C)cc1)OC1CCCCO1. The van der Waals surface area contributed by atoms with Gasteiger partial charge in [0.25, 0.3) is 0 Å². The first-order valence-corrected chi connectivity index (χ1v) is 17.4. The number of rotatable bonds is 23. The largest absolute Gasteiger partial charge is 0.611 e. The van der Waals surface area contributed by atoms with Crippen LogP contribution in [0.25, 0.3) is 0 Å². The standard InChI is InChI=1S/C34H56O6S/c1-3-4-5-6-7-8-9-10-11-12-13-14-15-16-17-20-29(40-32-21-18-19-26-39-32)27-31(35)33(34(36)37)41(38)30-24-22-28(2)23-25-30/h10-11,22-25,29,31-33,35H,3-9,12-21,26-27H2,1-2H3,(H,36,37)/b11-10-/t29-,31+,32?,33+,41?/m1/s1. The molecule has 234 valence electrons. The maximum absolute atomic E-state index is 13.1. The molecule has 0 saturated carbocycles. The van der Waals surface area contributed by atoms with Gasteiger partial charge in [-0.05, 0) is 70.4 Å². The van der Waals surface area contributed by atoms with Crippen LogP contribution in [0.3, 0.4) is 0 Å². The number of hydrogen-bond acceptors (Lipinski definition) is 5. The van der Waals surface area contributed by atoms with Gasteiger partial charge in [0, 0.05) is 24.2 Å². The minimum absolute atomic E-state index is 0.123. The number of aryl methyl sites for hydroxylation is 1. The summed E-state index contributed by atoms with van der Waals surface area (Å²) in [4.78, 5) is 12.5. The minimum atomic E-state index is -1.87. The maximum atomic E-state index is 13.1. The number of carbonyl (C=O) groups is 1. The Morgan fingerprint density at radius 2 is 1.61 bits per heavy atom. The van der Waals surface area contributed by atoms with E-state index in [4.69, 9.17) is 9.47 Å². The molecule has 0 aromatic heterocycles. The molecule has 1 saturated heterocycles. The molecule has 0 spiro atoms. The summed E-state index contributed by atoms with van der Waals surface area (Å²) in [5.74, 6) is -1.26. The van der Waals surface area contributed by atoms with Gasteiger partial charge in [-0.3, -0.25) is 0 Å². The lowest BCUT2D eigenvalue weighted by molar-refractivity contribution is -0.194. The molecule has 2 unspecified atom stereocenters. The number of benzene rings is 1. The minimum Gasteiger partial charge on any atom is -0.611 e. The van der Waals surface area contributed by atoms with Crippen LogP contribution in [0.4, 0.5) is 0 Å². The van der Waals surface area contributed by atoms with E-state index < -0.39 is 28.5 Å². The molecule has 2 N–H and O–H groups in total. The second-order valence-electron chi connectivity index (χ2n) is 11.6. The van der Waals surface area contributed by atoms with Crippen molar-refractivity contribution in [2.24, 2.45) is 0 Å². The van der Waals surface area contributed by atoms with Crippen molar-refractivity contribution in [2.45, 2.75) is 158 Å². The molecule has 0 amide bonds. The van der Waals surface area contributed by atoms with E-state index in [1.165, 1.54) is 57.8 Å². The smallest absolute Gasteiger partial charge is 0.360 e. The zero-order valence-electron chi connectivity index (χ0n) is 25.6. The van der Waals surface area contributed by atoms with Crippen LogP contribution in [0.5, 0.6) is 0 Å². The first kappa shape index (κ1) is 35.8. The van der Waals surface area contributed by atoms with E-state index in [2.05, 4.69) is 19.1 Å². The summed E-state index contributed by atoms with van der Waals surface area (Å²) in [6.07, 6.45) is 22.4. The van der Waals surface area contributed by atoms with Gasteiger partial charge in [-0.15, -0.1) is 0 Å². The number of carboxylic acid groups (broad SMARTS) is 1. The molecule has 0 aliphatic carbocycles. The topological polar surface area (TPSA) is 99.1 Å². The number of aliphatic hydroxyl groups excluding tert-OH is 1. The monoisotopic (exact) mass is 592 g/mol. The van der Waals surface area contributed by atoms with Crippen LogP contribution in [-0.2, 0) is 25.4 Å². The molecule has 1 aliphatic heterocycles. The lowest BCUT2D eigenvalue weighted by atomic mass is 10.0. The molecule has 1 aliphatic rings. The molecule has 2 rings (SSSR count). The van der Waals surface area contributed by atoms with Crippen LogP contribution >= 0.6 is 0 Å². The first-order chi connectivity index (χ1) is 19.9. The van der Waals surface area contributed by atoms with Crippen LogP contribution in [0, 0.1) is 6.92 Å². The Bertz CT molecular complexity index is 823. The molecule has 0 radical (unpaired) electrons. The number of hydrogen-bond donors (Lipinski definition) is 2. The van der Waals surface area contributed by atoms with Crippen molar-refractivity contribution >= 4 is 17.1 Å². The van der Waals surface area contributed by atoms with Crippen molar-refractivity contribution in [2.75, 3.05) is 6.61 Å². The summed E-state index contributed by atoms with van der Waals surface area (Å²) < 4.78 is 25.1. The van der Waals surface area contributed by atoms with E-state index in [-0.39, 0.29) is 18.8 Å². The number of aliphatic carboxylic acids is 1. The van der Waals surface area contributed by atoms with Crippen LogP contribution < -0.4 is 0 Å². The number of carboxylic acids is 1. The normalized spacial score (nSPS) is 18.8. The Kier molecular flexibility index (Phi) is 19.4. The van der Waals surface area contributed by atoms with Gasteiger partial charge in [0.15, 0.2) is 11.2 Å².